The van der Waals surface area contributed by atoms with Gasteiger partial charge in [-0.15, -0.1) is 0 Å². The molecule has 2 aliphatic heterocycles. The van der Waals surface area contributed by atoms with Crippen LogP contribution in [-0.4, -0.2) is 59.9 Å². The van der Waals surface area contributed by atoms with Crippen molar-refractivity contribution in [2.45, 2.75) is 57.0 Å². The summed E-state index contributed by atoms with van der Waals surface area (Å²) < 4.78 is 5.44. The maximum atomic E-state index is 13.8. The van der Waals surface area contributed by atoms with Crippen LogP contribution in [0.2, 0.25) is 0 Å². The molecule has 2 fully saturated rings. The highest BCUT2D eigenvalue weighted by molar-refractivity contribution is 6.01. The van der Waals surface area contributed by atoms with Gasteiger partial charge in [-0.3, -0.25) is 14.4 Å². The van der Waals surface area contributed by atoms with Crippen LogP contribution in [-0.2, 0) is 9.59 Å². The molecule has 1 aliphatic carbocycles. The fourth-order valence-electron chi connectivity index (χ4n) is 5.95. The number of methoxy groups -OCH3 is 1. The first-order chi connectivity index (χ1) is 18.0. The minimum Gasteiger partial charge on any atom is -0.496 e. The summed E-state index contributed by atoms with van der Waals surface area (Å²) in [7, 11) is 1.59. The van der Waals surface area contributed by atoms with Crippen molar-refractivity contribution >= 4 is 28.6 Å². The third-order valence-electron chi connectivity index (χ3n) is 7.94. The largest absolute Gasteiger partial charge is 0.496 e. The van der Waals surface area contributed by atoms with Gasteiger partial charge in [-0.25, -0.2) is 0 Å². The van der Waals surface area contributed by atoms with Gasteiger partial charge < -0.3 is 25.3 Å². The second kappa shape index (κ2) is 10.7. The van der Waals surface area contributed by atoms with E-state index >= 15 is 0 Å². The number of likely N-dealkylation sites (tertiary alicyclic amines) is 1. The monoisotopic (exact) mass is 503 g/mol. The van der Waals surface area contributed by atoms with Crippen LogP contribution in [0.3, 0.4) is 0 Å². The van der Waals surface area contributed by atoms with E-state index in [9.17, 15) is 19.6 Å². The van der Waals surface area contributed by atoms with Gasteiger partial charge in [0.2, 0.25) is 11.8 Å². The zero-order valence-corrected chi connectivity index (χ0v) is 21.1. The van der Waals surface area contributed by atoms with E-state index in [1.807, 2.05) is 18.2 Å². The number of nitrogens with one attached hydrogen (secondary N) is 3. The summed E-state index contributed by atoms with van der Waals surface area (Å²) in [5.41, 5.74) is 2.50. The molecular weight excluding hydrogens is 470 g/mol. The van der Waals surface area contributed by atoms with E-state index < -0.39 is 12.1 Å². The highest BCUT2D eigenvalue weighted by Gasteiger charge is 2.42. The van der Waals surface area contributed by atoms with Crippen LogP contribution in [0.4, 0.5) is 0 Å². The molecule has 2 saturated heterocycles. The van der Waals surface area contributed by atoms with E-state index in [0.29, 0.717) is 37.4 Å². The lowest BCUT2D eigenvalue weighted by atomic mass is 9.87. The average Bonchev–Trinajstić information content (AvgIpc) is 3.66. The van der Waals surface area contributed by atoms with Crippen LogP contribution >= 0.6 is 0 Å². The Morgan fingerprint density at radius 3 is 2.89 bits per heavy atom. The summed E-state index contributed by atoms with van der Waals surface area (Å²) >= 11 is 0. The fraction of sp³-hybridized carbons (Fsp3) is 0.500. The smallest absolute Gasteiger partial charge is 0.271 e. The van der Waals surface area contributed by atoms with Gasteiger partial charge in [0.15, 0.2) is 0 Å². The van der Waals surface area contributed by atoms with E-state index in [0.717, 1.165) is 36.6 Å². The number of hydrogen-bond acceptors (Lipinski definition) is 5. The Labute approximate surface area is 216 Å². The van der Waals surface area contributed by atoms with Crippen molar-refractivity contribution in [1.29, 1.82) is 5.26 Å². The first-order valence-electron chi connectivity index (χ1n) is 13.1. The highest BCUT2D eigenvalue weighted by atomic mass is 16.5. The molecule has 0 bridgehead atoms. The van der Waals surface area contributed by atoms with Crippen LogP contribution in [0.5, 0.6) is 5.75 Å². The summed E-state index contributed by atoms with van der Waals surface area (Å²) in [5, 5.41) is 16.1. The molecule has 5 rings (SSSR count). The molecule has 37 heavy (non-hydrogen) atoms. The van der Waals surface area contributed by atoms with E-state index in [4.69, 9.17) is 4.74 Å². The molecule has 1 aromatic heterocycles. The van der Waals surface area contributed by atoms with E-state index in [2.05, 4.69) is 27.8 Å². The molecule has 3 aliphatic rings. The molecule has 4 atom stereocenters. The number of nitrogens with zero attached hydrogens (tertiary/aromatic N) is 2. The van der Waals surface area contributed by atoms with Gasteiger partial charge in [-0.2, -0.15) is 5.26 Å². The molecular formula is C28H33N5O4. The lowest BCUT2D eigenvalue weighted by Gasteiger charge is -2.25. The van der Waals surface area contributed by atoms with E-state index in [1.165, 1.54) is 5.57 Å². The van der Waals surface area contributed by atoms with Crippen molar-refractivity contribution in [2.24, 2.45) is 11.8 Å². The molecule has 0 unspecified atom stereocenters. The molecule has 1 aromatic carbocycles. The lowest BCUT2D eigenvalue weighted by Crippen LogP contribution is -2.49. The lowest BCUT2D eigenvalue weighted by molar-refractivity contribution is -0.126. The zero-order valence-electron chi connectivity index (χ0n) is 21.1. The molecule has 2 aromatic rings. The van der Waals surface area contributed by atoms with Gasteiger partial charge in [-0.1, -0.05) is 17.7 Å². The molecule has 9 heteroatoms. The summed E-state index contributed by atoms with van der Waals surface area (Å²) in [6, 6.07) is 8.01. The minimum absolute atomic E-state index is 0.0780. The average molecular weight is 504 g/mol. The van der Waals surface area contributed by atoms with Crippen molar-refractivity contribution in [3.8, 4) is 11.8 Å². The number of aromatic amines is 1. The number of benzene rings is 1. The number of fused-ring (bicyclic) bond motifs is 1. The summed E-state index contributed by atoms with van der Waals surface area (Å²) in [6.45, 7) is 1.05. The maximum Gasteiger partial charge on any atom is 0.271 e. The molecule has 194 valence electrons. The van der Waals surface area contributed by atoms with Crippen LogP contribution in [0.25, 0.3) is 10.9 Å². The number of aromatic nitrogens is 1. The third-order valence-corrected chi connectivity index (χ3v) is 7.94. The number of carbonyl (C=O) groups is 3. The van der Waals surface area contributed by atoms with Crippen molar-refractivity contribution in [3.63, 3.8) is 0 Å². The SMILES string of the molecule is COc1cccc2[nH]c(C(=O)N3C[C@H](C4=CCCCC4)C[C@H]3C(=O)N[C@H](C#N)C[C@@H]3CCNC3=O)cc12. The third kappa shape index (κ3) is 5.06. The standard InChI is InChI=1S/C28H33N5O4/c1-37-25-9-5-8-22-21(25)14-23(32-22)28(36)33-16-19(17-6-3-2-4-7-17)13-24(33)27(35)31-20(15-29)12-18-10-11-30-26(18)34/h5-6,8-9,14,18-20,24,32H,2-4,7,10-13,16H2,1H3,(H,30,34)(H,31,35)/t18-,19+,20-,24-/m0/s1. The number of hydrogen-bond donors (Lipinski definition) is 3. The van der Waals surface area contributed by atoms with Crippen molar-refractivity contribution in [3.05, 3.63) is 41.6 Å². The van der Waals surface area contributed by atoms with E-state index in [-0.39, 0.29) is 36.0 Å². The van der Waals surface area contributed by atoms with Crippen LogP contribution in [0, 0.1) is 23.2 Å². The van der Waals surface area contributed by atoms with Crippen LogP contribution < -0.4 is 15.4 Å². The normalized spacial score (nSPS) is 24.3. The summed E-state index contributed by atoms with van der Waals surface area (Å²) in [4.78, 5) is 44.1. The molecule has 0 spiro atoms. The second-order valence-corrected chi connectivity index (χ2v) is 10.2. The molecule has 3 N–H and O–H groups in total. The Morgan fingerprint density at radius 2 is 2.19 bits per heavy atom. The van der Waals surface area contributed by atoms with Gasteiger partial charge in [-0.05, 0) is 69.1 Å². The van der Waals surface area contributed by atoms with Crippen LogP contribution in [0.1, 0.15) is 55.4 Å². The van der Waals surface area contributed by atoms with Crippen LogP contribution in [0.15, 0.2) is 35.9 Å². The van der Waals surface area contributed by atoms with Gasteiger partial charge in [0.25, 0.3) is 5.91 Å². The Hall–Kier alpha value is -3.80. The molecule has 3 heterocycles. The highest BCUT2D eigenvalue weighted by Crippen LogP contribution is 2.36. The minimum atomic E-state index is -0.788. The fourth-order valence-corrected chi connectivity index (χ4v) is 5.95. The number of rotatable bonds is 7. The molecule has 9 nitrogen and oxygen atoms in total. The van der Waals surface area contributed by atoms with Crippen molar-refractivity contribution < 1.29 is 19.1 Å². The van der Waals surface area contributed by atoms with E-state index in [1.54, 1.807) is 18.1 Å². The summed E-state index contributed by atoms with van der Waals surface area (Å²) in [5.74, 6) is -0.174. The predicted octanol–water partition coefficient (Wildman–Crippen LogP) is 3.04. The Morgan fingerprint density at radius 1 is 1.32 bits per heavy atom. The van der Waals surface area contributed by atoms with Gasteiger partial charge in [0.1, 0.15) is 23.5 Å². The number of ether oxygens (including phenoxy) is 1. The van der Waals surface area contributed by atoms with Gasteiger partial charge in [0, 0.05) is 29.9 Å². The predicted molar refractivity (Wildman–Crippen MR) is 138 cm³/mol. The van der Waals surface area contributed by atoms with Crippen molar-refractivity contribution in [2.75, 3.05) is 20.2 Å². The first-order valence-corrected chi connectivity index (χ1v) is 13.1. The number of carbonyl (C=O) groups excluding carboxylic acids is 3. The van der Waals surface area contributed by atoms with Gasteiger partial charge in [0.05, 0.1) is 13.2 Å². The summed E-state index contributed by atoms with van der Waals surface area (Å²) in [6.07, 6.45) is 8.01. The first kappa shape index (κ1) is 24.9. The number of allylic oxidation sites excluding steroid dienone is 1. The van der Waals surface area contributed by atoms with Crippen molar-refractivity contribution in [1.82, 2.24) is 20.5 Å². The molecule has 0 saturated carbocycles. The van der Waals surface area contributed by atoms with Gasteiger partial charge >= 0.3 is 0 Å². The molecule has 0 radical (unpaired) electrons. The Kier molecular flexibility index (Phi) is 7.17. The number of nitriles is 1. The molecule has 3 amide bonds. The number of H-pyrrole nitrogens is 1. The quantitative estimate of drug-likeness (QED) is 0.501. The Bertz CT molecular complexity index is 1280. The maximum absolute atomic E-state index is 13.8. The zero-order chi connectivity index (χ0) is 25.9. The Balaban J connectivity index is 1.38. The topological polar surface area (TPSA) is 127 Å². The second-order valence-electron chi connectivity index (χ2n) is 10.2. The number of amides is 3.